The minimum absolute atomic E-state index is 0.132. The third-order valence-corrected chi connectivity index (χ3v) is 3.45. The molecule has 0 aliphatic heterocycles. The topological polar surface area (TPSA) is 17.1 Å². The lowest BCUT2D eigenvalue weighted by Gasteiger charge is -2.24. The second kappa shape index (κ2) is 6.25. The molecule has 0 saturated heterocycles. The van der Waals surface area contributed by atoms with Gasteiger partial charge < -0.3 is 0 Å². The van der Waals surface area contributed by atoms with E-state index in [2.05, 4.69) is 32.9 Å². The second-order valence-electron chi connectivity index (χ2n) is 5.67. The predicted octanol–water partition coefficient (Wildman–Crippen LogP) is 4.17. The number of carbonyl (C=O) groups is 1. The van der Waals surface area contributed by atoms with E-state index in [1.807, 2.05) is 24.5 Å². The maximum Gasteiger partial charge on any atom is 0.192 e. The van der Waals surface area contributed by atoms with Crippen molar-refractivity contribution in [1.82, 2.24) is 0 Å². The highest BCUT2D eigenvalue weighted by molar-refractivity contribution is 8.13. The molecule has 2 heteroatoms. The molecule has 1 unspecified atom stereocenters. The third kappa shape index (κ3) is 5.40. The van der Waals surface area contributed by atoms with Gasteiger partial charge in [-0.2, -0.15) is 0 Å². The van der Waals surface area contributed by atoms with Crippen molar-refractivity contribution in [2.24, 2.45) is 11.3 Å². The normalized spacial score (nSPS) is 13.4. The fourth-order valence-corrected chi connectivity index (χ4v) is 2.54. The lowest BCUT2D eigenvalue weighted by atomic mass is 9.82. The van der Waals surface area contributed by atoms with E-state index in [0.29, 0.717) is 5.12 Å². The number of hydrogen-bond donors (Lipinski definition) is 0. The SMILES string of the molecule is CSC(=O)C(Cc1ccccc1)CC(C)(C)C. The van der Waals surface area contributed by atoms with E-state index >= 15 is 0 Å². The lowest BCUT2D eigenvalue weighted by molar-refractivity contribution is -0.115. The molecule has 1 nitrogen and oxygen atoms in total. The zero-order valence-corrected chi connectivity index (χ0v) is 12.0. The van der Waals surface area contributed by atoms with Crippen molar-refractivity contribution in [1.29, 1.82) is 0 Å². The van der Waals surface area contributed by atoms with Crippen LogP contribution in [0.2, 0.25) is 0 Å². The number of hydrogen-bond acceptors (Lipinski definition) is 2. The summed E-state index contributed by atoms with van der Waals surface area (Å²) in [5, 5.41) is 0.309. The van der Waals surface area contributed by atoms with Crippen LogP contribution in [0.15, 0.2) is 30.3 Å². The van der Waals surface area contributed by atoms with Crippen LogP contribution in [-0.2, 0) is 11.2 Å². The van der Waals surface area contributed by atoms with E-state index in [-0.39, 0.29) is 11.3 Å². The maximum atomic E-state index is 12.0. The molecule has 0 saturated carbocycles. The fourth-order valence-electron chi connectivity index (χ4n) is 2.04. The van der Waals surface area contributed by atoms with Gasteiger partial charge in [-0.25, -0.2) is 0 Å². The van der Waals surface area contributed by atoms with Crippen LogP contribution in [-0.4, -0.2) is 11.4 Å². The van der Waals surface area contributed by atoms with Gasteiger partial charge in [0, 0.05) is 5.92 Å². The first-order valence-corrected chi connectivity index (χ1v) is 7.26. The van der Waals surface area contributed by atoms with Crippen LogP contribution in [0.1, 0.15) is 32.8 Å². The molecule has 0 N–H and O–H groups in total. The zero-order valence-electron chi connectivity index (χ0n) is 11.2. The molecule has 1 rings (SSSR count). The predicted molar refractivity (Wildman–Crippen MR) is 76.2 cm³/mol. The molecule has 0 aliphatic carbocycles. The minimum Gasteiger partial charge on any atom is -0.287 e. The summed E-state index contributed by atoms with van der Waals surface area (Å²) in [6, 6.07) is 10.3. The fraction of sp³-hybridized carbons (Fsp3) is 0.533. The summed E-state index contributed by atoms with van der Waals surface area (Å²) in [7, 11) is 0. The Balaban J connectivity index is 2.74. The van der Waals surface area contributed by atoms with Crippen LogP contribution in [0.25, 0.3) is 0 Å². The smallest absolute Gasteiger partial charge is 0.192 e. The quantitative estimate of drug-likeness (QED) is 0.797. The molecule has 1 aromatic rings. The first-order valence-electron chi connectivity index (χ1n) is 6.04. The zero-order chi connectivity index (χ0) is 12.9. The summed E-state index contributed by atoms with van der Waals surface area (Å²) in [6.07, 6.45) is 3.68. The molecular formula is C15H22OS. The largest absolute Gasteiger partial charge is 0.287 e. The Morgan fingerprint density at radius 3 is 2.29 bits per heavy atom. The summed E-state index contributed by atoms with van der Waals surface area (Å²) in [5.41, 5.74) is 1.45. The molecule has 0 aromatic heterocycles. The summed E-state index contributed by atoms with van der Waals surface area (Å²) in [4.78, 5) is 12.0. The highest BCUT2D eigenvalue weighted by atomic mass is 32.2. The van der Waals surface area contributed by atoms with Crippen LogP contribution in [0.3, 0.4) is 0 Å². The van der Waals surface area contributed by atoms with E-state index in [4.69, 9.17) is 0 Å². The van der Waals surface area contributed by atoms with Gasteiger partial charge in [-0.1, -0.05) is 62.9 Å². The minimum atomic E-state index is 0.132. The molecule has 0 bridgehead atoms. The van der Waals surface area contributed by atoms with Crippen molar-refractivity contribution in [3.63, 3.8) is 0 Å². The van der Waals surface area contributed by atoms with Gasteiger partial charge in [0.25, 0.3) is 0 Å². The average Bonchev–Trinajstić information content (AvgIpc) is 2.27. The van der Waals surface area contributed by atoms with E-state index in [0.717, 1.165) is 12.8 Å². The Morgan fingerprint density at radius 1 is 1.24 bits per heavy atom. The molecule has 0 spiro atoms. The second-order valence-corrected chi connectivity index (χ2v) is 6.49. The molecule has 0 heterocycles. The summed E-state index contributed by atoms with van der Waals surface area (Å²) in [6.45, 7) is 6.58. The Morgan fingerprint density at radius 2 is 1.82 bits per heavy atom. The molecule has 0 radical (unpaired) electrons. The number of carbonyl (C=O) groups excluding carboxylic acids is 1. The number of thioether (sulfide) groups is 1. The van der Waals surface area contributed by atoms with Gasteiger partial charge in [-0.3, -0.25) is 4.79 Å². The van der Waals surface area contributed by atoms with Gasteiger partial charge in [0.2, 0.25) is 0 Å². The molecular weight excluding hydrogens is 228 g/mol. The van der Waals surface area contributed by atoms with Gasteiger partial charge in [-0.05, 0) is 30.1 Å². The van der Waals surface area contributed by atoms with Crippen molar-refractivity contribution in [2.45, 2.75) is 33.6 Å². The van der Waals surface area contributed by atoms with Crippen LogP contribution in [0, 0.1) is 11.3 Å². The average molecular weight is 250 g/mol. The van der Waals surface area contributed by atoms with Crippen molar-refractivity contribution in [3.05, 3.63) is 35.9 Å². The number of rotatable bonds is 4. The van der Waals surface area contributed by atoms with Gasteiger partial charge in [0.05, 0.1) is 0 Å². The van der Waals surface area contributed by atoms with Crippen molar-refractivity contribution in [2.75, 3.05) is 6.26 Å². The summed E-state index contributed by atoms with van der Waals surface area (Å²) < 4.78 is 0. The van der Waals surface area contributed by atoms with E-state index in [1.54, 1.807) is 0 Å². The summed E-state index contributed by atoms with van der Waals surface area (Å²) >= 11 is 1.35. The van der Waals surface area contributed by atoms with Crippen molar-refractivity contribution in [3.8, 4) is 0 Å². The summed E-state index contributed by atoms with van der Waals surface area (Å²) in [5.74, 6) is 0.132. The Bertz CT molecular complexity index is 351. The molecule has 1 atom stereocenters. The maximum absolute atomic E-state index is 12.0. The van der Waals surface area contributed by atoms with E-state index in [9.17, 15) is 4.79 Å². The van der Waals surface area contributed by atoms with Gasteiger partial charge in [-0.15, -0.1) is 0 Å². The van der Waals surface area contributed by atoms with Crippen LogP contribution >= 0.6 is 11.8 Å². The van der Waals surface area contributed by atoms with Gasteiger partial charge in [0.1, 0.15) is 0 Å². The molecule has 0 fully saturated rings. The number of benzene rings is 1. The highest BCUT2D eigenvalue weighted by Gasteiger charge is 2.24. The van der Waals surface area contributed by atoms with Gasteiger partial charge >= 0.3 is 0 Å². The monoisotopic (exact) mass is 250 g/mol. The Hall–Kier alpha value is -0.760. The van der Waals surface area contributed by atoms with Crippen molar-refractivity contribution < 1.29 is 4.79 Å². The third-order valence-electron chi connectivity index (χ3n) is 2.72. The molecule has 0 amide bonds. The molecule has 17 heavy (non-hydrogen) atoms. The van der Waals surface area contributed by atoms with Crippen molar-refractivity contribution >= 4 is 16.9 Å². The van der Waals surface area contributed by atoms with Gasteiger partial charge in [0.15, 0.2) is 5.12 Å². The van der Waals surface area contributed by atoms with Crippen LogP contribution in [0.4, 0.5) is 0 Å². The highest BCUT2D eigenvalue weighted by Crippen LogP contribution is 2.29. The van der Waals surface area contributed by atoms with E-state index < -0.39 is 0 Å². The first kappa shape index (κ1) is 14.3. The molecule has 0 aliphatic rings. The molecule has 94 valence electrons. The standard InChI is InChI=1S/C15H22OS/c1-15(2,3)11-13(14(16)17-4)10-12-8-6-5-7-9-12/h5-9,13H,10-11H2,1-4H3. The Labute approximate surface area is 109 Å². The van der Waals surface area contributed by atoms with E-state index in [1.165, 1.54) is 17.3 Å². The van der Waals surface area contributed by atoms with Crippen LogP contribution < -0.4 is 0 Å². The first-order chi connectivity index (χ1) is 7.92. The Kier molecular flexibility index (Phi) is 5.26. The molecule has 1 aromatic carbocycles. The lowest BCUT2D eigenvalue weighted by Crippen LogP contribution is -2.21. The van der Waals surface area contributed by atoms with Crippen LogP contribution in [0.5, 0.6) is 0 Å².